The van der Waals surface area contributed by atoms with E-state index in [0.29, 0.717) is 27.9 Å². The minimum absolute atomic E-state index is 0.0225. The summed E-state index contributed by atoms with van der Waals surface area (Å²) in [7, 11) is 1.62. The molecule has 0 N–H and O–H groups in total. The maximum atomic E-state index is 14.0. The number of halogens is 1. The minimum atomic E-state index is -0.586. The smallest absolute Gasteiger partial charge is 0.311 e. The Morgan fingerprint density at radius 2 is 1.79 bits per heavy atom. The molecule has 1 heterocycles. The number of nitro groups is 1. The van der Waals surface area contributed by atoms with Gasteiger partial charge < -0.3 is 9.47 Å². The molecule has 9 nitrogen and oxygen atoms in total. The van der Waals surface area contributed by atoms with Gasteiger partial charge in [-0.05, 0) is 66.4 Å². The number of aryl methyl sites for hydroxylation is 1. The molecular weight excluding hydrogens is 551 g/mol. The van der Waals surface area contributed by atoms with Gasteiger partial charge in [0.15, 0.2) is 11.6 Å². The number of methoxy groups -OCH3 is 1. The van der Waals surface area contributed by atoms with E-state index in [1.54, 1.807) is 49.6 Å². The molecule has 0 atom stereocenters. The monoisotopic (exact) mass is 580 g/mol. The highest BCUT2D eigenvalue weighted by Crippen LogP contribution is 2.34. The van der Waals surface area contributed by atoms with Crippen molar-refractivity contribution in [2.45, 2.75) is 33.3 Å². The van der Waals surface area contributed by atoms with Crippen molar-refractivity contribution in [2.24, 2.45) is 5.10 Å². The van der Waals surface area contributed by atoms with Crippen LogP contribution in [-0.2, 0) is 6.61 Å². The highest BCUT2D eigenvalue weighted by atomic mass is 19.1. The molecule has 43 heavy (non-hydrogen) atoms. The van der Waals surface area contributed by atoms with Crippen LogP contribution < -0.4 is 15.0 Å². The molecule has 0 spiro atoms. The van der Waals surface area contributed by atoms with E-state index in [0.717, 1.165) is 16.9 Å². The lowest BCUT2D eigenvalue weighted by atomic mass is 9.96. The van der Waals surface area contributed by atoms with Crippen molar-refractivity contribution in [3.8, 4) is 22.9 Å². The molecule has 5 aromatic rings. The van der Waals surface area contributed by atoms with E-state index in [1.165, 1.54) is 29.1 Å². The molecule has 0 unspecified atom stereocenters. The van der Waals surface area contributed by atoms with Gasteiger partial charge in [-0.15, -0.1) is 0 Å². The van der Waals surface area contributed by atoms with Gasteiger partial charge in [0.05, 0.1) is 29.2 Å². The fraction of sp³-hybridized carbons (Fsp3) is 0.182. The summed E-state index contributed by atoms with van der Waals surface area (Å²) < 4.78 is 26.4. The summed E-state index contributed by atoms with van der Waals surface area (Å²) in [5, 5.41) is 16.7. The summed E-state index contributed by atoms with van der Waals surface area (Å²) in [4.78, 5) is 29.8. The molecule has 0 amide bonds. The quantitative estimate of drug-likeness (QED) is 0.105. The molecule has 0 saturated carbocycles. The average molecular weight is 581 g/mol. The Morgan fingerprint density at radius 1 is 1.05 bits per heavy atom. The van der Waals surface area contributed by atoms with Gasteiger partial charge in [0, 0.05) is 22.8 Å². The van der Waals surface area contributed by atoms with E-state index in [4.69, 9.17) is 14.5 Å². The molecule has 0 bridgehead atoms. The third-order valence-corrected chi connectivity index (χ3v) is 7.04. The zero-order valence-electron chi connectivity index (χ0n) is 24.1. The summed E-state index contributed by atoms with van der Waals surface area (Å²) in [5.41, 5.74) is 2.91. The molecule has 5 rings (SSSR count). The number of ether oxygens (including phenoxy) is 2. The fourth-order valence-electron chi connectivity index (χ4n) is 4.75. The van der Waals surface area contributed by atoms with Gasteiger partial charge >= 0.3 is 5.69 Å². The maximum Gasteiger partial charge on any atom is 0.311 e. The number of para-hydroxylation sites is 1. The minimum Gasteiger partial charge on any atom is -0.496 e. The van der Waals surface area contributed by atoms with Crippen LogP contribution in [0, 0.1) is 22.9 Å². The first kappa shape index (κ1) is 29.1. The zero-order valence-corrected chi connectivity index (χ0v) is 24.1. The lowest BCUT2D eigenvalue weighted by molar-refractivity contribution is -0.386. The molecule has 1 aromatic heterocycles. The molecule has 10 heteroatoms. The van der Waals surface area contributed by atoms with Crippen molar-refractivity contribution in [3.63, 3.8) is 0 Å². The van der Waals surface area contributed by atoms with Gasteiger partial charge in [0.2, 0.25) is 0 Å². The number of rotatable bonds is 9. The van der Waals surface area contributed by atoms with Gasteiger partial charge in [0.1, 0.15) is 18.2 Å². The van der Waals surface area contributed by atoms with Gasteiger partial charge in [0.25, 0.3) is 5.56 Å². The SMILES string of the molecule is COc1cc(C)c(-c2nc3ccccc3c(=O)n2N=Cc2ccc(OCc3ccccc3F)c([N+](=O)[O-])c2)cc1C(C)C. The van der Waals surface area contributed by atoms with Crippen LogP contribution in [0.3, 0.4) is 0 Å². The number of aromatic nitrogens is 2. The molecule has 4 aromatic carbocycles. The zero-order chi connectivity index (χ0) is 30.7. The first-order valence-corrected chi connectivity index (χ1v) is 13.6. The van der Waals surface area contributed by atoms with Crippen molar-refractivity contribution in [1.82, 2.24) is 9.66 Å². The van der Waals surface area contributed by atoms with Crippen LogP contribution in [0.25, 0.3) is 22.3 Å². The first-order chi connectivity index (χ1) is 20.7. The Labute approximate surface area is 247 Å². The normalized spacial score (nSPS) is 11.4. The number of hydrogen-bond donors (Lipinski definition) is 0. The van der Waals surface area contributed by atoms with Crippen molar-refractivity contribution in [1.29, 1.82) is 0 Å². The van der Waals surface area contributed by atoms with Crippen LogP contribution in [0.5, 0.6) is 11.5 Å². The van der Waals surface area contributed by atoms with Gasteiger partial charge in [-0.2, -0.15) is 9.78 Å². The second kappa shape index (κ2) is 12.2. The molecular formula is C33H29FN4O5. The number of nitro benzene ring substituents is 1. The Hall–Kier alpha value is -5.38. The molecule has 0 aliphatic heterocycles. The fourth-order valence-corrected chi connectivity index (χ4v) is 4.75. The predicted molar refractivity (Wildman–Crippen MR) is 164 cm³/mol. The Morgan fingerprint density at radius 3 is 2.51 bits per heavy atom. The third kappa shape index (κ3) is 5.99. The van der Waals surface area contributed by atoms with E-state index in [-0.39, 0.29) is 29.5 Å². The second-order valence-electron chi connectivity index (χ2n) is 10.2. The van der Waals surface area contributed by atoms with Crippen LogP contribution in [0.2, 0.25) is 0 Å². The highest BCUT2D eigenvalue weighted by Gasteiger charge is 2.19. The predicted octanol–water partition coefficient (Wildman–Crippen LogP) is 7.01. The highest BCUT2D eigenvalue weighted by molar-refractivity contribution is 5.83. The van der Waals surface area contributed by atoms with Gasteiger partial charge in [-0.1, -0.05) is 44.2 Å². The van der Waals surface area contributed by atoms with E-state index in [9.17, 15) is 19.3 Å². The number of fused-ring (bicyclic) bond motifs is 1. The van der Waals surface area contributed by atoms with Crippen molar-refractivity contribution in [3.05, 3.63) is 127 Å². The largest absolute Gasteiger partial charge is 0.496 e. The summed E-state index contributed by atoms with van der Waals surface area (Å²) in [6, 6.07) is 21.2. The van der Waals surface area contributed by atoms with E-state index in [2.05, 4.69) is 5.10 Å². The van der Waals surface area contributed by atoms with Gasteiger partial charge in [-0.25, -0.2) is 9.37 Å². The van der Waals surface area contributed by atoms with Crippen molar-refractivity contribution >= 4 is 22.8 Å². The second-order valence-corrected chi connectivity index (χ2v) is 10.2. The average Bonchev–Trinajstić information content (AvgIpc) is 3.00. The molecule has 0 saturated heterocycles. The van der Waals surface area contributed by atoms with Crippen molar-refractivity contribution in [2.75, 3.05) is 7.11 Å². The number of benzene rings is 4. The molecule has 0 aliphatic rings. The topological polar surface area (TPSA) is 109 Å². The third-order valence-electron chi connectivity index (χ3n) is 7.04. The summed E-state index contributed by atoms with van der Waals surface area (Å²) >= 11 is 0. The van der Waals surface area contributed by atoms with E-state index >= 15 is 0 Å². The lowest BCUT2D eigenvalue weighted by Crippen LogP contribution is -2.20. The Kier molecular flexibility index (Phi) is 8.29. The van der Waals surface area contributed by atoms with E-state index in [1.807, 2.05) is 39.0 Å². The molecule has 0 fully saturated rings. The standard InChI is InChI=1S/C33H29FN4O5/c1-20(2)25-17-26(21(3)15-31(25)42-4)32-36-28-12-8-6-10-24(28)33(39)37(32)35-18-22-13-14-30(29(16-22)38(40)41)43-19-23-9-5-7-11-27(23)34/h5-18,20H,19H2,1-4H3. The van der Waals surface area contributed by atoms with Crippen LogP contribution in [0.15, 0.2) is 88.8 Å². The first-order valence-electron chi connectivity index (χ1n) is 13.6. The van der Waals surface area contributed by atoms with Crippen LogP contribution in [0.1, 0.15) is 42.0 Å². The van der Waals surface area contributed by atoms with Crippen LogP contribution in [-0.4, -0.2) is 27.9 Å². The molecule has 0 aliphatic carbocycles. The summed E-state index contributed by atoms with van der Waals surface area (Å²) in [5.74, 6) is 0.705. The van der Waals surface area contributed by atoms with E-state index < -0.39 is 16.3 Å². The van der Waals surface area contributed by atoms with Crippen LogP contribution >= 0.6 is 0 Å². The Balaban J connectivity index is 1.59. The molecule has 0 radical (unpaired) electrons. The maximum absolute atomic E-state index is 14.0. The Bertz CT molecular complexity index is 1930. The van der Waals surface area contributed by atoms with Crippen LogP contribution in [0.4, 0.5) is 10.1 Å². The summed E-state index contributed by atoms with van der Waals surface area (Å²) in [6.07, 6.45) is 1.36. The summed E-state index contributed by atoms with van der Waals surface area (Å²) in [6.45, 7) is 5.82. The van der Waals surface area contributed by atoms with Gasteiger partial charge in [-0.3, -0.25) is 14.9 Å². The number of nitrogens with zero attached hydrogens (tertiary/aromatic N) is 4. The molecule has 218 valence electrons. The van der Waals surface area contributed by atoms with Crippen molar-refractivity contribution < 1.29 is 18.8 Å². The number of hydrogen-bond acceptors (Lipinski definition) is 7. The lowest BCUT2D eigenvalue weighted by Gasteiger charge is -2.17.